The molecule has 110 valence electrons. The lowest BCUT2D eigenvalue weighted by atomic mass is 10.2. The molecular formula is C13H19N3O3S. The number of carbonyl (C=O) groups excluding carboxylic acids is 1. The number of benzene rings is 1. The highest BCUT2D eigenvalue weighted by Crippen LogP contribution is 2.18. The van der Waals surface area contributed by atoms with Gasteiger partial charge in [-0.2, -0.15) is 0 Å². The quantitative estimate of drug-likeness (QED) is 0.704. The number of sulfonamides is 1. The molecule has 0 radical (unpaired) electrons. The largest absolute Gasteiger partial charge is 0.326 e. The maximum Gasteiger partial charge on any atom is 0.229 e. The van der Waals surface area contributed by atoms with E-state index >= 15 is 0 Å². The zero-order valence-corrected chi connectivity index (χ0v) is 12.2. The molecule has 7 heteroatoms. The number of hydrogen-bond acceptors (Lipinski definition) is 4. The summed E-state index contributed by atoms with van der Waals surface area (Å²) < 4.78 is 24.6. The molecule has 1 aliphatic carbocycles. The summed E-state index contributed by atoms with van der Waals surface area (Å²) in [6.07, 6.45) is 3.88. The molecule has 1 aliphatic rings. The summed E-state index contributed by atoms with van der Waals surface area (Å²) in [6, 6.07) is 7.22. The van der Waals surface area contributed by atoms with Crippen LogP contribution in [0.2, 0.25) is 0 Å². The first kappa shape index (κ1) is 14.8. The van der Waals surface area contributed by atoms with Crippen molar-refractivity contribution in [1.29, 1.82) is 0 Å². The Morgan fingerprint density at radius 1 is 1.30 bits per heavy atom. The van der Waals surface area contributed by atoms with Crippen LogP contribution in [-0.2, 0) is 14.8 Å². The molecule has 1 aromatic rings. The highest BCUT2D eigenvalue weighted by atomic mass is 32.2. The van der Waals surface area contributed by atoms with E-state index < -0.39 is 10.0 Å². The van der Waals surface area contributed by atoms with Gasteiger partial charge in [-0.1, -0.05) is 6.07 Å². The average Bonchev–Trinajstić information content (AvgIpc) is 3.11. The molecule has 1 fully saturated rings. The third kappa shape index (κ3) is 5.58. The topological polar surface area (TPSA) is 87.3 Å². The maximum atomic E-state index is 11.7. The van der Waals surface area contributed by atoms with Crippen LogP contribution < -0.4 is 15.4 Å². The molecule has 0 bridgehead atoms. The summed E-state index contributed by atoms with van der Waals surface area (Å²) in [7, 11) is -3.31. The third-order valence-corrected chi connectivity index (χ3v) is 3.42. The van der Waals surface area contributed by atoms with Crippen molar-refractivity contribution < 1.29 is 13.2 Å². The van der Waals surface area contributed by atoms with Crippen LogP contribution in [0, 0.1) is 0 Å². The number of amides is 1. The molecule has 0 aliphatic heterocycles. The van der Waals surface area contributed by atoms with Crippen LogP contribution in [0.3, 0.4) is 0 Å². The molecule has 1 amide bonds. The number of nitrogens with one attached hydrogen (secondary N) is 3. The maximum absolute atomic E-state index is 11.7. The normalized spacial score (nSPS) is 14.8. The van der Waals surface area contributed by atoms with Crippen molar-refractivity contribution in [3.63, 3.8) is 0 Å². The fourth-order valence-corrected chi connectivity index (χ4v) is 2.33. The Morgan fingerprint density at radius 3 is 2.65 bits per heavy atom. The van der Waals surface area contributed by atoms with Crippen molar-refractivity contribution >= 4 is 27.3 Å². The van der Waals surface area contributed by atoms with Gasteiger partial charge in [-0.25, -0.2) is 8.42 Å². The molecule has 3 N–H and O–H groups in total. The van der Waals surface area contributed by atoms with Crippen molar-refractivity contribution in [3.05, 3.63) is 24.3 Å². The van der Waals surface area contributed by atoms with E-state index in [1.165, 1.54) is 12.8 Å². The summed E-state index contributed by atoms with van der Waals surface area (Å²) in [5, 5.41) is 6.01. The summed E-state index contributed by atoms with van der Waals surface area (Å²) >= 11 is 0. The van der Waals surface area contributed by atoms with Gasteiger partial charge in [0.1, 0.15) is 0 Å². The monoisotopic (exact) mass is 297 g/mol. The summed E-state index contributed by atoms with van der Waals surface area (Å²) in [5.41, 5.74) is 1.01. The number of hydrogen-bond donors (Lipinski definition) is 3. The Hall–Kier alpha value is -1.60. The van der Waals surface area contributed by atoms with E-state index in [9.17, 15) is 13.2 Å². The SMILES string of the molecule is CS(=O)(=O)Nc1cccc(NC(=O)CCNC2CC2)c1. The standard InChI is InChI=1S/C13H19N3O3S/c1-20(18,19)16-12-4-2-3-11(9-12)15-13(17)7-8-14-10-5-6-10/h2-4,9-10,14,16H,5-8H2,1H3,(H,15,17). The Balaban J connectivity index is 1.84. The van der Waals surface area contributed by atoms with Crippen LogP contribution in [0.4, 0.5) is 11.4 Å². The molecule has 20 heavy (non-hydrogen) atoms. The molecule has 0 atom stereocenters. The van der Waals surface area contributed by atoms with Gasteiger partial charge >= 0.3 is 0 Å². The van der Waals surface area contributed by atoms with Gasteiger partial charge in [-0.3, -0.25) is 9.52 Å². The average molecular weight is 297 g/mol. The Labute approximate surface area is 119 Å². The lowest BCUT2D eigenvalue weighted by Crippen LogP contribution is -2.23. The van der Waals surface area contributed by atoms with E-state index in [1.54, 1.807) is 24.3 Å². The zero-order chi connectivity index (χ0) is 14.6. The molecule has 1 aromatic carbocycles. The number of rotatable bonds is 7. The lowest BCUT2D eigenvalue weighted by Gasteiger charge is -2.08. The number of carbonyl (C=O) groups is 1. The van der Waals surface area contributed by atoms with Gasteiger partial charge in [-0.05, 0) is 31.0 Å². The highest BCUT2D eigenvalue weighted by molar-refractivity contribution is 7.92. The molecular weight excluding hydrogens is 278 g/mol. The van der Waals surface area contributed by atoms with Gasteiger partial charge in [0.25, 0.3) is 0 Å². The second-order valence-corrected chi connectivity index (χ2v) is 6.73. The third-order valence-electron chi connectivity index (χ3n) is 2.81. The van der Waals surface area contributed by atoms with Gasteiger partial charge < -0.3 is 10.6 Å². The van der Waals surface area contributed by atoms with Gasteiger partial charge in [-0.15, -0.1) is 0 Å². The predicted octanol–water partition coefficient (Wildman–Crippen LogP) is 1.14. The Kier molecular flexibility index (Phi) is 4.61. The molecule has 0 spiro atoms. The summed E-state index contributed by atoms with van der Waals surface area (Å²) in [4.78, 5) is 11.7. The lowest BCUT2D eigenvalue weighted by molar-refractivity contribution is -0.116. The van der Waals surface area contributed by atoms with Crippen LogP contribution in [0.15, 0.2) is 24.3 Å². The molecule has 0 saturated heterocycles. The van der Waals surface area contributed by atoms with Crippen molar-refractivity contribution in [1.82, 2.24) is 5.32 Å². The van der Waals surface area contributed by atoms with Crippen LogP contribution in [0.5, 0.6) is 0 Å². The first-order valence-corrected chi connectivity index (χ1v) is 8.42. The minimum Gasteiger partial charge on any atom is -0.326 e. The first-order chi connectivity index (χ1) is 9.42. The molecule has 6 nitrogen and oxygen atoms in total. The molecule has 0 aromatic heterocycles. The first-order valence-electron chi connectivity index (χ1n) is 6.53. The summed E-state index contributed by atoms with van der Waals surface area (Å²) in [6.45, 7) is 0.664. The number of anilines is 2. The van der Waals surface area contributed by atoms with E-state index in [4.69, 9.17) is 0 Å². The van der Waals surface area contributed by atoms with Gasteiger partial charge in [0.15, 0.2) is 0 Å². The van der Waals surface area contributed by atoms with Gasteiger partial charge in [0, 0.05) is 24.7 Å². The fourth-order valence-electron chi connectivity index (χ4n) is 1.78. The minimum atomic E-state index is -3.31. The second kappa shape index (κ2) is 6.23. The second-order valence-electron chi connectivity index (χ2n) is 4.98. The van der Waals surface area contributed by atoms with E-state index in [1.807, 2.05) is 0 Å². The smallest absolute Gasteiger partial charge is 0.229 e. The van der Waals surface area contributed by atoms with Crippen molar-refractivity contribution in [2.75, 3.05) is 22.8 Å². The van der Waals surface area contributed by atoms with E-state index in [0.29, 0.717) is 30.4 Å². The van der Waals surface area contributed by atoms with Crippen LogP contribution >= 0.6 is 0 Å². The summed E-state index contributed by atoms with van der Waals surface area (Å²) in [5.74, 6) is -0.0883. The predicted molar refractivity (Wildman–Crippen MR) is 79.2 cm³/mol. The van der Waals surface area contributed by atoms with Crippen molar-refractivity contribution in [2.45, 2.75) is 25.3 Å². The van der Waals surface area contributed by atoms with Crippen LogP contribution in [0.1, 0.15) is 19.3 Å². The molecule has 0 heterocycles. The Bertz CT molecular complexity index is 582. The van der Waals surface area contributed by atoms with Crippen LogP contribution in [0.25, 0.3) is 0 Å². The molecule has 0 unspecified atom stereocenters. The van der Waals surface area contributed by atoms with Crippen molar-refractivity contribution in [2.24, 2.45) is 0 Å². The van der Waals surface area contributed by atoms with Crippen molar-refractivity contribution in [3.8, 4) is 0 Å². The van der Waals surface area contributed by atoms with Gasteiger partial charge in [0.2, 0.25) is 15.9 Å². The fraction of sp³-hybridized carbons (Fsp3) is 0.462. The highest BCUT2D eigenvalue weighted by Gasteiger charge is 2.20. The minimum absolute atomic E-state index is 0.0883. The Morgan fingerprint density at radius 2 is 2.00 bits per heavy atom. The van der Waals surface area contributed by atoms with E-state index in [-0.39, 0.29) is 5.91 Å². The molecule has 2 rings (SSSR count). The zero-order valence-electron chi connectivity index (χ0n) is 11.3. The molecule has 1 saturated carbocycles. The van der Waals surface area contributed by atoms with E-state index in [2.05, 4.69) is 15.4 Å². The van der Waals surface area contributed by atoms with Gasteiger partial charge in [0.05, 0.1) is 11.9 Å². The van der Waals surface area contributed by atoms with E-state index in [0.717, 1.165) is 6.26 Å². The van der Waals surface area contributed by atoms with Crippen LogP contribution in [-0.4, -0.2) is 33.2 Å².